The molecule has 1 nitrogen and oxygen atoms in total. The lowest BCUT2D eigenvalue weighted by atomic mass is 10.7. The summed E-state index contributed by atoms with van der Waals surface area (Å²) in [6, 6.07) is 0. The average Bonchev–Trinajstić information content (AvgIpc) is 1.71. The van der Waals surface area contributed by atoms with Gasteiger partial charge in [0.15, 0.2) is 0 Å². The van der Waals surface area contributed by atoms with Gasteiger partial charge in [-0.3, -0.25) is 0 Å². The van der Waals surface area contributed by atoms with Crippen molar-refractivity contribution < 1.29 is 0 Å². The standard InChI is InChI=1S/C4H11N.C2H5.Mg/c1-3-5-4-2;1-2;/h5H,3-4H2,1-2H3;1H2,2H3;/q;;+2. The maximum absolute atomic E-state index is 3.11. The smallest absolute Gasteiger partial charge is 0.317 e. The molecule has 0 aliphatic rings. The van der Waals surface area contributed by atoms with Gasteiger partial charge in [-0.15, -0.1) is 0 Å². The highest BCUT2D eigenvalue weighted by atomic mass is 24.4. The van der Waals surface area contributed by atoms with Crippen LogP contribution >= 0.6 is 0 Å². The van der Waals surface area contributed by atoms with Gasteiger partial charge in [-0.25, -0.2) is 0 Å². The van der Waals surface area contributed by atoms with Crippen LogP contribution in [0.5, 0.6) is 0 Å². The second-order valence-corrected chi connectivity index (χ2v) is 2.46. The number of nitrogens with one attached hydrogen (secondary N) is 1. The first kappa shape index (κ1) is 11.5. The second-order valence-electron chi connectivity index (χ2n) is 1.46. The van der Waals surface area contributed by atoms with Crippen molar-refractivity contribution in [3.8, 4) is 0 Å². The van der Waals surface area contributed by atoms with Crippen molar-refractivity contribution in [1.29, 1.82) is 0 Å². The Bertz CT molecular complexity index is 22.5. The van der Waals surface area contributed by atoms with Gasteiger partial charge >= 0.3 is 21.7 Å². The van der Waals surface area contributed by atoms with E-state index in [1.165, 1.54) is 4.55 Å². The third-order valence-corrected chi connectivity index (χ3v) is 0.500. The van der Waals surface area contributed by atoms with E-state index in [2.05, 4.69) is 26.1 Å². The summed E-state index contributed by atoms with van der Waals surface area (Å²) in [6.45, 7) is 8.53. The molecule has 0 heterocycles. The molecule has 45 valence electrons. The molecule has 0 spiro atoms. The molecule has 0 bridgehead atoms. The summed E-state index contributed by atoms with van der Waals surface area (Å²) >= 11 is 1.97. The first-order chi connectivity index (χ1) is 3.83. The molecule has 0 rings (SSSR count). The Morgan fingerprint density at radius 2 is 1.38 bits per heavy atom. The SMILES string of the molecule is CCNCC.C[CH2][Mg+2]. The van der Waals surface area contributed by atoms with E-state index < -0.39 is 0 Å². The maximum Gasteiger partial charge on any atom is 1.41 e. The van der Waals surface area contributed by atoms with Crippen LogP contribution in [0.25, 0.3) is 0 Å². The van der Waals surface area contributed by atoms with Gasteiger partial charge in [-0.1, -0.05) is 13.8 Å². The highest BCUT2D eigenvalue weighted by Gasteiger charge is 2.13. The summed E-state index contributed by atoms with van der Waals surface area (Å²) < 4.78 is 1.28. The van der Waals surface area contributed by atoms with Gasteiger partial charge in [-0.2, -0.15) is 0 Å². The first-order valence-corrected chi connectivity index (χ1v) is 4.33. The zero-order valence-corrected chi connectivity index (χ0v) is 7.74. The van der Waals surface area contributed by atoms with E-state index in [4.69, 9.17) is 0 Å². The van der Waals surface area contributed by atoms with Crippen molar-refractivity contribution in [2.75, 3.05) is 13.1 Å². The van der Waals surface area contributed by atoms with Crippen LogP contribution in [0.3, 0.4) is 0 Å². The molecule has 0 aromatic carbocycles. The Kier molecular flexibility index (Phi) is 22.5. The fourth-order valence-electron chi connectivity index (χ4n) is 0.250. The summed E-state index contributed by atoms with van der Waals surface area (Å²) in [6.07, 6.45) is 0. The quantitative estimate of drug-likeness (QED) is 0.549. The van der Waals surface area contributed by atoms with Crippen LogP contribution in [0.15, 0.2) is 0 Å². The van der Waals surface area contributed by atoms with Crippen LogP contribution in [0.1, 0.15) is 20.8 Å². The van der Waals surface area contributed by atoms with Crippen LogP contribution in [-0.2, 0) is 0 Å². The molecule has 0 fully saturated rings. The Balaban J connectivity index is 0. The monoisotopic (exact) mass is 126 g/mol. The lowest BCUT2D eigenvalue weighted by Crippen LogP contribution is -2.09. The molecule has 0 aliphatic carbocycles. The molecule has 0 aromatic heterocycles. The molecule has 0 amide bonds. The lowest BCUT2D eigenvalue weighted by molar-refractivity contribution is 0.762. The van der Waals surface area contributed by atoms with Gasteiger partial charge in [0.2, 0.25) is 0 Å². The van der Waals surface area contributed by atoms with Crippen LogP contribution in [0.2, 0.25) is 4.55 Å². The van der Waals surface area contributed by atoms with Crippen molar-refractivity contribution in [2.45, 2.75) is 25.3 Å². The van der Waals surface area contributed by atoms with E-state index in [0.717, 1.165) is 13.1 Å². The Labute approximate surface area is 65.7 Å². The van der Waals surface area contributed by atoms with Crippen molar-refractivity contribution >= 4 is 21.7 Å². The van der Waals surface area contributed by atoms with Crippen molar-refractivity contribution in [3.63, 3.8) is 0 Å². The minimum absolute atomic E-state index is 1.09. The van der Waals surface area contributed by atoms with Gasteiger partial charge in [0, 0.05) is 6.92 Å². The molecular formula is C6H16MgN+2. The molecule has 0 saturated heterocycles. The summed E-state index contributed by atoms with van der Waals surface area (Å²) in [5, 5.41) is 3.11. The molecular weight excluding hydrogens is 110 g/mol. The highest BCUT2D eigenvalue weighted by molar-refractivity contribution is 6.08. The number of rotatable bonds is 2. The number of hydrogen-bond acceptors (Lipinski definition) is 1. The van der Waals surface area contributed by atoms with Crippen LogP contribution in [-0.4, -0.2) is 34.8 Å². The van der Waals surface area contributed by atoms with Gasteiger partial charge in [0.25, 0.3) is 4.55 Å². The Morgan fingerprint density at radius 1 is 1.12 bits per heavy atom. The Morgan fingerprint density at radius 3 is 1.38 bits per heavy atom. The van der Waals surface area contributed by atoms with E-state index in [1.807, 2.05) is 21.7 Å². The fraction of sp³-hybridized carbons (Fsp3) is 1.00. The molecule has 7 radical (unpaired) electrons. The van der Waals surface area contributed by atoms with E-state index in [0.29, 0.717) is 0 Å². The third-order valence-electron chi connectivity index (χ3n) is 0.500. The zero-order chi connectivity index (χ0) is 6.83. The summed E-state index contributed by atoms with van der Waals surface area (Å²) in [5.41, 5.74) is 0. The molecule has 0 aliphatic heterocycles. The molecule has 1 N–H and O–H groups in total. The fourth-order valence-corrected chi connectivity index (χ4v) is 0.250. The van der Waals surface area contributed by atoms with Gasteiger partial charge < -0.3 is 5.32 Å². The van der Waals surface area contributed by atoms with Gasteiger partial charge in [0.05, 0.1) is 0 Å². The van der Waals surface area contributed by atoms with E-state index in [9.17, 15) is 0 Å². The molecule has 2 heteroatoms. The zero-order valence-electron chi connectivity index (χ0n) is 6.33. The van der Waals surface area contributed by atoms with E-state index >= 15 is 0 Å². The second kappa shape index (κ2) is 15.6. The normalized spacial score (nSPS) is 7.50. The topological polar surface area (TPSA) is 12.0 Å². The molecule has 0 aromatic rings. The maximum atomic E-state index is 3.11. The van der Waals surface area contributed by atoms with Crippen molar-refractivity contribution in [3.05, 3.63) is 0 Å². The van der Waals surface area contributed by atoms with Crippen LogP contribution < -0.4 is 5.32 Å². The van der Waals surface area contributed by atoms with Crippen LogP contribution in [0, 0.1) is 0 Å². The third kappa shape index (κ3) is 29.7. The predicted molar refractivity (Wildman–Crippen MR) is 40.5 cm³/mol. The van der Waals surface area contributed by atoms with Crippen molar-refractivity contribution in [2.24, 2.45) is 0 Å². The molecule has 0 saturated carbocycles. The first-order valence-electron chi connectivity index (χ1n) is 3.33. The number of hydrogen-bond donors (Lipinski definition) is 1. The Hall–Kier alpha value is 0.726. The van der Waals surface area contributed by atoms with Gasteiger partial charge in [-0.05, 0) is 13.1 Å². The lowest BCUT2D eigenvalue weighted by Gasteiger charge is -1.86. The summed E-state index contributed by atoms with van der Waals surface area (Å²) in [5.74, 6) is 0. The highest BCUT2D eigenvalue weighted by Crippen LogP contribution is 1.49. The molecule has 0 atom stereocenters. The minimum atomic E-state index is 1.09. The molecule has 8 heavy (non-hydrogen) atoms. The van der Waals surface area contributed by atoms with Gasteiger partial charge in [0.1, 0.15) is 0 Å². The summed E-state index contributed by atoms with van der Waals surface area (Å²) in [4.78, 5) is 0. The minimum Gasteiger partial charge on any atom is -0.317 e. The molecule has 0 unspecified atom stereocenters. The van der Waals surface area contributed by atoms with E-state index in [1.54, 1.807) is 0 Å². The predicted octanol–water partition coefficient (Wildman–Crippen LogP) is 1.21. The average molecular weight is 127 g/mol. The van der Waals surface area contributed by atoms with E-state index in [-0.39, 0.29) is 0 Å². The van der Waals surface area contributed by atoms with Crippen molar-refractivity contribution in [1.82, 2.24) is 5.32 Å². The largest absolute Gasteiger partial charge is 1.41 e. The van der Waals surface area contributed by atoms with Crippen LogP contribution in [0.4, 0.5) is 0 Å². The summed E-state index contributed by atoms with van der Waals surface area (Å²) in [7, 11) is 0.